The second kappa shape index (κ2) is 7.48. The molecule has 24 heavy (non-hydrogen) atoms. The molecule has 0 radical (unpaired) electrons. The first-order valence-electron chi connectivity index (χ1n) is 8.51. The molecule has 1 aromatic heterocycles. The number of hydrogen-bond donors (Lipinski definition) is 2. The van der Waals surface area contributed by atoms with E-state index in [9.17, 15) is 9.59 Å². The predicted molar refractivity (Wildman–Crippen MR) is 93.0 cm³/mol. The number of rotatable bonds is 5. The minimum Gasteiger partial charge on any atom is -0.352 e. The van der Waals surface area contributed by atoms with Crippen LogP contribution in [0.15, 0.2) is 6.20 Å². The summed E-state index contributed by atoms with van der Waals surface area (Å²) in [5, 5.41) is 6.94. The molecule has 0 aromatic carbocycles. The molecule has 1 saturated heterocycles. The number of aryl methyl sites for hydroxylation is 1. The monoisotopic (exact) mass is 351 g/mol. The summed E-state index contributed by atoms with van der Waals surface area (Å²) in [5.74, 6) is 0.100. The average Bonchev–Trinajstić information content (AvgIpc) is 3.25. The lowest BCUT2D eigenvalue weighted by atomic mass is 10.3. The Kier molecular flexibility index (Phi) is 5.35. The van der Waals surface area contributed by atoms with Gasteiger partial charge in [0.15, 0.2) is 0 Å². The Bertz CT molecular complexity index is 593. The fourth-order valence-electron chi connectivity index (χ4n) is 2.72. The zero-order valence-corrected chi connectivity index (χ0v) is 15.1. The van der Waals surface area contributed by atoms with Crippen LogP contribution < -0.4 is 10.6 Å². The summed E-state index contributed by atoms with van der Waals surface area (Å²) in [6.45, 7) is 7.15. The Balaban J connectivity index is 1.40. The van der Waals surface area contributed by atoms with Crippen molar-refractivity contribution in [2.45, 2.75) is 38.8 Å². The van der Waals surface area contributed by atoms with Crippen LogP contribution in [0.25, 0.3) is 0 Å². The molecule has 2 heterocycles. The third-order valence-corrected chi connectivity index (χ3v) is 5.41. The van der Waals surface area contributed by atoms with Crippen molar-refractivity contribution < 1.29 is 9.59 Å². The number of nitrogens with zero attached hydrogens (tertiary/aromatic N) is 3. The molecule has 8 heteroatoms. The molecule has 1 unspecified atom stereocenters. The minimum atomic E-state index is -0.0847. The number of aromatic nitrogens is 1. The Morgan fingerprint density at radius 3 is 2.62 bits per heavy atom. The number of hydrogen-bond acceptors (Lipinski definition) is 5. The van der Waals surface area contributed by atoms with Gasteiger partial charge in [0.05, 0.1) is 12.6 Å². The van der Waals surface area contributed by atoms with Gasteiger partial charge in [0.1, 0.15) is 5.01 Å². The first kappa shape index (κ1) is 17.2. The number of carbonyl (C=O) groups is 2. The van der Waals surface area contributed by atoms with E-state index in [1.807, 2.05) is 24.9 Å². The Labute approximate surface area is 146 Å². The SMILES string of the molecule is Cc1cnc(C(C)NC(=O)N2CCN(CC(=O)NC3CC3)CC2)s1. The third-order valence-electron chi connectivity index (χ3n) is 4.32. The molecule has 3 amide bonds. The smallest absolute Gasteiger partial charge is 0.318 e. The van der Waals surface area contributed by atoms with Crippen LogP contribution >= 0.6 is 11.3 Å². The van der Waals surface area contributed by atoms with Crippen molar-refractivity contribution in [2.75, 3.05) is 32.7 Å². The highest BCUT2D eigenvalue weighted by Gasteiger charge is 2.26. The lowest BCUT2D eigenvalue weighted by Gasteiger charge is -2.34. The maximum Gasteiger partial charge on any atom is 0.318 e. The highest BCUT2D eigenvalue weighted by atomic mass is 32.1. The Morgan fingerprint density at radius 2 is 2.04 bits per heavy atom. The van der Waals surface area contributed by atoms with Crippen LogP contribution in [0.4, 0.5) is 4.79 Å². The quantitative estimate of drug-likeness (QED) is 0.833. The molecule has 2 fully saturated rings. The second-order valence-electron chi connectivity index (χ2n) is 6.59. The van der Waals surface area contributed by atoms with Gasteiger partial charge in [0.25, 0.3) is 0 Å². The van der Waals surface area contributed by atoms with E-state index in [-0.39, 0.29) is 18.0 Å². The van der Waals surface area contributed by atoms with E-state index < -0.39 is 0 Å². The van der Waals surface area contributed by atoms with E-state index in [2.05, 4.69) is 20.5 Å². The molecule has 132 valence electrons. The number of urea groups is 1. The molecule has 7 nitrogen and oxygen atoms in total. The summed E-state index contributed by atoms with van der Waals surface area (Å²) in [4.78, 5) is 33.6. The van der Waals surface area contributed by atoms with E-state index in [1.165, 1.54) is 0 Å². The number of nitrogens with one attached hydrogen (secondary N) is 2. The van der Waals surface area contributed by atoms with Crippen molar-refractivity contribution in [2.24, 2.45) is 0 Å². The normalized spacial score (nSPS) is 19.8. The summed E-state index contributed by atoms with van der Waals surface area (Å²) in [5.41, 5.74) is 0. The third kappa shape index (κ3) is 4.67. The van der Waals surface area contributed by atoms with Gasteiger partial charge in [-0.3, -0.25) is 9.69 Å². The van der Waals surface area contributed by atoms with E-state index >= 15 is 0 Å². The number of thiazole rings is 1. The van der Waals surface area contributed by atoms with Crippen molar-refractivity contribution >= 4 is 23.3 Å². The highest BCUT2D eigenvalue weighted by molar-refractivity contribution is 7.11. The molecular formula is C16H25N5O2S. The summed E-state index contributed by atoms with van der Waals surface area (Å²) >= 11 is 1.60. The molecule has 0 spiro atoms. The molecule has 0 bridgehead atoms. The molecule has 1 saturated carbocycles. The van der Waals surface area contributed by atoms with Crippen LogP contribution in [0.1, 0.15) is 35.7 Å². The zero-order chi connectivity index (χ0) is 17.1. The van der Waals surface area contributed by atoms with E-state index in [1.54, 1.807) is 11.3 Å². The number of carbonyl (C=O) groups excluding carboxylic acids is 2. The van der Waals surface area contributed by atoms with Crippen molar-refractivity contribution in [3.05, 3.63) is 16.1 Å². The highest BCUT2D eigenvalue weighted by Crippen LogP contribution is 2.19. The lowest BCUT2D eigenvalue weighted by Crippen LogP contribution is -2.53. The van der Waals surface area contributed by atoms with Crippen LogP contribution in [0.2, 0.25) is 0 Å². The molecule has 1 aliphatic heterocycles. The van der Waals surface area contributed by atoms with Gasteiger partial charge in [-0.05, 0) is 26.7 Å². The van der Waals surface area contributed by atoms with Gasteiger partial charge < -0.3 is 15.5 Å². The maximum atomic E-state index is 12.4. The Morgan fingerprint density at radius 1 is 1.33 bits per heavy atom. The van der Waals surface area contributed by atoms with Crippen LogP contribution in [0.5, 0.6) is 0 Å². The molecule has 1 aliphatic carbocycles. The zero-order valence-electron chi connectivity index (χ0n) is 14.2. The number of piperazine rings is 1. The summed E-state index contributed by atoms with van der Waals surface area (Å²) in [6.07, 6.45) is 4.04. The lowest BCUT2D eigenvalue weighted by molar-refractivity contribution is -0.122. The van der Waals surface area contributed by atoms with Gasteiger partial charge in [0.2, 0.25) is 5.91 Å². The topological polar surface area (TPSA) is 77.6 Å². The summed E-state index contributed by atoms with van der Waals surface area (Å²) < 4.78 is 0. The largest absolute Gasteiger partial charge is 0.352 e. The van der Waals surface area contributed by atoms with Gasteiger partial charge in [-0.25, -0.2) is 9.78 Å². The molecule has 1 aromatic rings. The predicted octanol–water partition coefficient (Wildman–Crippen LogP) is 1.12. The fraction of sp³-hybridized carbons (Fsp3) is 0.688. The first-order valence-corrected chi connectivity index (χ1v) is 9.32. The van der Waals surface area contributed by atoms with E-state index in [0.29, 0.717) is 25.7 Å². The van der Waals surface area contributed by atoms with Crippen molar-refractivity contribution in [3.8, 4) is 0 Å². The van der Waals surface area contributed by atoms with Crippen molar-refractivity contribution in [1.29, 1.82) is 0 Å². The minimum absolute atomic E-state index is 0.0579. The molecule has 1 atom stereocenters. The first-order chi connectivity index (χ1) is 11.5. The van der Waals surface area contributed by atoms with Crippen LogP contribution in [-0.2, 0) is 4.79 Å². The molecule has 3 rings (SSSR count). The number of amides is 3. The van der Waals surface area contributed by atoms with Crippen molar-refractivity contribution in [3.63, 3.8) is 0 Å². The molecule has 2 N–H and O–H groups in total. The van der Waals surface area contributed by atoms with E-state index in [4.69, 9.17) is 0 Å². The van der Waals surface area contributed by atoms with Crippen molar-refractivity contribution in [1.82, 2.24) is 25.4 Å². The van der Waals surface area contributed by atoms with Gasteiger partial charge in [0, 0.05) is 43.3 Å². The van der Waals surface area contributed by atoms with Crippen LogP contribution in [0, 0.1) is 6.92 Å². The van der Waals surface area contributed by atoms with Crippen LogP contribution in [0.3, 0.4) is 0 Å². The molecule has 2 aliphatic rings. The van der Waals surface area contributed by atoms with Gasteiger partial charge in [-0.1, -0.05) is 0 Å². The van der Waals surface area contributed by atoms with Gasteiger partial charge >= 0.3 is 6.03 Å². The maximum absolute atomic E-state index is 12.4. The van der Waals surface area contributed by atoms with Gasteiger partial charge in [-0.2, -0.15) is 0 Å². The Hall–Kier alpha value is -1.67. The molecular weight excluding hydrogens is 326 g/mol. The summed E-state index contributed by atoms with van der Waals surface area (Å²) in [7, 11) is 0. The fourth-order valence-corrected chi connectivity index (χ4v) is 3.50. The second-order valence-corrected chi connectivity index (χ2v) is 7.85. The average molecular weight is 351 g/mol. The standard InChI is InChI=1S/C16H25N5O2S/c1-11-9-17-15(24-11)12(2)18-16(23)21-7-5-20(6-8-21)10-14(22)19-13-3-4-13/h9,12-13H,3-8,10H2,1-2H3,(H,18,23)(H,19,22). The summed E-state index contributed by atoms with van der Waals surface area (Å²) in [6, 6.07) is 0.261. The van der Waals surface area contributed by atoms with E-state index in [0.717, 1.165) is 35.8 Å². The van der Waals surface area contributed by atoms with Crippen LogP contribution in [-0.4, -0.2) is 65.5 Å². The van der Waals surface area contributed by atoms with Gasteiger partial charge in [-0.15, -0.1) is 11.3 Å².